The van der Waals surface area contributed by atoms with Gasteiger partial charge in [0.05, 0.1) is 22.2 Å². The number of rotatable bonds is 25. The second kappa shape index (κ2) is 24.4. The van der Waals surface area contributed by atoms with Gasteiger partial charge in [0.2, 0.25) is 29.5 Å². The maximum absolute atomic E-state index is 13.2. The highest BCUT2D eigenvalue weighted by atomic mass is 32.2. The van der Waals surface area contributed by atoms with Gasteiger partial charge < -0.3 is 31.7 Å². The summed E-state index contributed by atoms with van der Waals surface area (Å²) in [5.41, 5.74) is 0. The monoisotopic (exact) mass is 773 g/mol. The smallest absolute Gasteiger partial charge is 0.305 e. The van der Waals surface area contributed by atoms with Crippen LogP contribution in [0.15, 0.2) is 0 Å². The van der Waals surface area contributed by atoms with E-state index in [1.54, 1.807) is 13.8 Å². The molecule has 0 aliphatic carbocycles. The first-order chi connectivity index (χ1) is 24.3. The number of carbonyl (C=O) groups is 6. The van der Waals surface area contributed by atoms with E-state index in [1.165, 1.54) is 0 Å². The van der Waals surface area contributed by atoms with Crippen molar-refractivity contribution in [2.45, 2.75) is 182 Å². The molecule has 7 N–H and O–H groups in total. The predicted octanol–water partition coefficient (Wildman–Crippen LogP) is 3.70. The zero-order valence-corrected chi connectivity index (χ0v) is 35.5. The standard InChI is InChI=1S/C38H72N6O8S/c1-22(2)14-28(41-32(45)16-27(10)40-36(49)21-31(25(7)8)44-53(52)38(11,12)13)18-34(47)43-30(24(5)6)20-35(48)39-26(9)17-33(46)42-29(15-23(3)4)19-37(50)51/h22-31,44H,14-21H2,1-13H3,(H,39,48)(H,40,49)(H,41,45)(H,42,46)(H,43,47)(H,50,51)/t26-,27-,28-,29-,30+,31+,53-/m1/s1. The lowest BCUT2D eigenvalue weighted by molar-refractivity contribution is -0.138. The van der Waals surface area contributed by atoms with Gasteiger partial charge in [-0.2, -0.15) is 0 Å². The number of carboxylic acids is 1. The van der Waals surface area contributed by atoms with E-state index in [9.17, 15) is 38.1 Å². The largest absolute Gasteiger partial charge is 0.481 e. The lowest BCUT2D eigenvalue weighted by Gasteiger charge is -2.27. The minimum absolute atomic E-state index is 0.00656. The van der Waals surface area contributed by atoms with Gasteiger partial charge in [-0.1, -0.05) is 55.4 Å². The maximum Gasteiger partial charge on any atom is 0.305 e. The Morgan fingerprint density at radius 2 is 0.868 bits per heavy atom. The highest BCUT2D eigenvalue weighted by molar-refractivity contribution is 7.84. The molecule has 0 aromatic heterocycles. The van der Waals surface area contributed by atoms with Crippen molar-refractivity contribution in [3.8, 4) is 0 Å². The van der Waals surface area contributed by atoms with E-state index in [2.05, 4.69) is 31.3 Å². The normalized spacial score (nSPS) is 15.9. The summed E-state index contributed by atoms with van der Waals surface area (Å²) in [6.45, 7) is 24.6. The molecule has 5 amide bonds. The van der Waals surface area contributed by atoms with Crippen molar-refractivity contribution in [1.82, 2.24) is 31.3 Å². The van der Waals surface area contributed by atoms with Crippen LogP contribution in [0.4, 0.5) is 0 Å². The molecule has 7 atom stereocenters. The van der Waals surface area contributed by atoms with Gasteiger partial charge in [0.1, 0.15) is 0 Å². The van der Waals surface area contributed by atoms with Gasteiger partial charge in [-0.25, -0.2) is 8.93 Å². The Labute approximate surface area is 321 Å². The fraction of sp³-hybridized carbons (Fsp3) is 0.842. The molecule has 0 fully saturated rings. The Bertz CT molecular complexity index is 1220. The van der Waals surface area contributed by atoms with Crippen LogP contribution < -0.4 is 31.3 Å². The van der Waals surface area contributed by atoms with Gasteiger partial charge in [0.15, 0.2) is 0 Å². The number of carbonyl (C=O) groups excluding carboxylic acids is 5. The summed E-state index contributed by atoms with van der Waals surface area (Å²) in [7, 11) is -1.34. The second-order valence-corrected chi connectivity index (χ2v) is 19.1. The molecule has 53 heavy (non-hydrogen) atoms. The van der Waals surface area contributed by atoms with Crippen molar-refractivity contribution in [3.63, 3.8) is 0 Å². The molecule has 0 rings (SSSR count). The third-order valence-electron chi connectivity index (χ3n) is 8.47. The minimum atomic E-state index is -1.34. The van der Waals surface area contributed by atoms with Crippen LogP contribution >= 0.6 is 0 Å². The SMILES string of the molecule is CC(C)C[C@H](CC(=O)O)NC(=O)C[C@@H](C)NC(=O)C[C@H](NC(=O)C[C@@H](CC(C)C)NC(=O)C[C@@H](C)NC(=O)C[C@H](N[S@](=O)C(C)(C)C)C(C)C)C(C)C. The van der Waals surface area contributed by atoms with E-state index < -0.39 is 51.9 Å². The molecule has 0 bridgehead atoms. The van der Waals surface area contributed by atoms with Gasteiger partial charge in [-0.15, -0.1) is 0 Å². The third-order valence-corrected chi connectivity index (χ3v) is 10.1. The van der Waals surface area contributed by atoms with E-state index in [-0.39, 0.29) is 97.8 Å². The van der Waals surface area contributed by atoms with E-state index in [1.807, 2.05) is 76.2 Å². The molecule has 0 spiro atoms. The van der Waals surface area contributed by atoms with Crippen LogP contribution in [0, 0.1) is 23.7 Å². The first-order valence-corrected chi connectivity index (χ1v) is 20.3. The number of amides is 5. The average Bonchev–Trinajstić information content (AvgIpc) is 2.93. The van der Waals surface area contributed by atoms with E-state index in [0.717, 1.165) is 0 Å². The number of nitrogens with one attached hydrogen (secondary N) is 6. The molecule has 0 unspecified atom stereocenters. The van der Waals surface area contributed by atoms with Crippen LogP contribution in [0.3, 0.4) is 0 Å². The van der Waals surface area contributed by atoms with Gasteiger partial charge in [-0.05, 0) is 71.1 Å². The number of carboxylic acid groups (broad SMARTS) is 1. The molecule has 0 aliphatic rings. The average molecular weight is 773 g/mol. The number of aliphatic carboxylic acids is 1. The zero-order chi connectivity index (χ0) is 41.2. The Kier molecular flexibility index (Phi) is 22.9. The fourth-order valence-electron chi connectivity index (χ4n) is 5.70. The Morgan fingerprint density at radius 1 is 0.509 bits per heavy atom. The Hall–Kier alpha value is -3.07. The Morgan fingerprint density at radius 3 is 1.23 bits per heavy atom. The van der Waals surface area contributed by atoms with E-state index in [4.69, 9.17) is 0 Å². The van der Waals surface area contributed by atoms with Crippen LogP contribution in [0.2, 0.25) is 0 Å². The van der Waals surface area contributed by atoms with E-state index >= 15 is 0 Å². The highest BCUT2D eigenvalue weighted by Gasteiger charge is 2.28. The second-order valence-electron chi connectivity index (χ2n) is 17.1. The molecule has 15 heteroatoms. The van der Waals surface area contributed by atoms with Crippen LogP contribution in [-0.4, -0.2) is 85.8 Å². The van der Waals surface area contributed by atoms with Gasteiger partial charge in [0.25, 0.3) is 0 Å². The van der Waals surface area contributed by atoms with Crippen molar-refractivity contribution in [2.24, 2.45) is 23.7 Å². The van der Waals surface area contributed by atoms with Gasteiger partial charge >= 0.3 is 5.97 Å². The molecule has 0 aromatic carbocycles. The van der Waals surface area contributed by atoms with Gasteiger partial charge in [0, 0.05) is 68.4 Å². The molecular weight excluding hydrogens is 701 g/mol. The van der Waals surface area contributed by atoms with Crippen LogP contribution in [0.1, 0.15) is 141 Å². The fourth-order valence-corrected chi connectivity index (χ4v) is 6.69. The predicted molar refractivity (Wildman–Crippen MR) is 210 cm³/mol. The summed E-state index contributed by atoms with van der Waals surface area (Å²) < 4.78 is 15.2. The lowest BCUT2D eigenvalue weighted by Crippen LogP contribution is -2.48. The summed E-state index contributed by atoms with van der Waals surface area (Å²) in [5.74, 6) is -2.21. The minimum Gasteiger partial charge on any atom is -0.481 e. The number of hydrogen-bond donors (Lipinski definition) is 7. The van der Waals surface area contributed by atoms with Crippen molar-refractivity contribution < 1.29 is 38.1 Å². The molecule has 0 aromatic rings. The molecule has 0 radical (unpaired) electrons. The van der Waals surface area contributed by atoms with Crippen molar-refractivity contribution in [3.05, 3.63) is 0 Å². The molecule has 0 saturated carbocycles. The topological polar surface area (TPSA) is 212 Å². The zero-order valence-electron chi connectivity index (χ0n) is 34.6. The first kappa shape index (κ1) is 49.9. The highest BCUT2D eigenvalue weighted by Crippen LogP contribution is 2.15. The summed E-state index contributed by atoms with van der Waals surface area (Å²) >= 11 is 0. The van der Waals surface area contributed by atoms with E-state index in [0.29, 0.717) is 12.8 Å². The number of hydrogen-bond acceptors (Lipinski definition) is 7. The first-order valence-electron chi connectivity index (χ1n) is 19.1. The third kappa shape index (κ3) is 24.1. The summed E-state index contributed by atoms with van der Waals surface area (Å²) in [4.78, 5) is 75.8. The summed E-state index contributed by atoms with van der Waals surface area (Å²) in [5, 5.41) is 23.5. The molecule has 0 heterocycles. The molecular formula is C38H72N6O8S. The van der Waals surface area contributed by atoms with Crippen molar-refractivity contribution >= 4 is 46.5 Å². The maximum atomic E-state index is 13.2. The van der Waals surface area contributed by atoms with Gasteiger partial charge in [-0.3, -0.25) is 28.8 Å². The molecule has 0 saturated heterocycles. The summed E-state index contributed by atoms with van der Waals surface area (Å²) in [6, 6.07) is -2.75. The van der Waals surface area contributed by atoms with Crippen LogP contribution in [0.5, 0.6) is 0 Å². The molecule has 308 valence electrons. The molecule has 0 aliphatic heterocycles. The quantitative estimate of drug-likeness (QED) is 0.0726. The Balaban J connectivity index is 5.18. The summed E-state index contributed by atoms with van der Waals surface area (Å²) in [6.07, 6.45) is 0.983. The van der Waals surface area contributed by atoms with Crippen molar-refractivity contribution in [2.75, 3.05) is 0 Å². The van der Waals surface area contributed by atoms with Crippen molar-refractivity contribution in [1.29, 1.82) is 0 Å². The van der Waals surface area contributed by atoms with Crippen LogP contribution in [-0.2, 0) is 39.8 Å². The lowest BCUT2D eigenvalue weighted by atomic mass is 9.97. The molecule has 14 nitrogen and oxygen atoms in total. The van der Waals surface area contributed by atoms with Crippen LogP contribution in [0.25, 0.3) is 0 Å².